The molecule has 2 aromatic heterocycles. The summed E-state index contributed by atoms with van der Waals surface area (Å²) in [6, 6.07) is 8.81. The number of fused-ring (bicyclic) bond motifs is 1. The highest BCUT2D eigenvalue weighted by Crippen LogP contribution is 2.29. The fourth-order valence-corrected chi connectivity index (χ4v) is 4.92. The Balaban J connectivity index is 1.39. The average molecular weight is 515 g/mol. The fraction of sp³-hybridized carbons (Fsp3) is 0.520. The molecule has 0 saturated carbocycles. The second kappa shape index (κ2) is 11.3. The maximum absolute atomic E-state index is 14.0. The maximum atomic E-state index is 14.0. The second-order valence-electron chi connectivity index (χ2n) is 9.48. The third-order valence-corrected chi connectivity index (χ3v) is 6.98. The summed E-state index contributed by atoms with van der Waals surface area (Å²) in [5.74, 6) is 1.20. The van der Waals surface area contributed by atoms with Gasteiger partial charge in [0, 0.05) is 38.7 Å². The highest BCUT2D eigenvalue weighted by Gasteiger charge is 2.24. The highest BCUT2D eigenvalue weighted by atomic mass is 19.3. The summed E-state index contributed by atoms with van der Waals surface area (Å²) < 4.78 is 35.0. The van der Waals surface area contributed by atoms with Gasteiger partial charge in [-0.05, 0) is 44.0 Å². The number of para-hydroxylation sites is 2. The Morgan fingerprint density at radius 3 is 2.54 bits per heavy atom. The van der Waals surface area contributed by atoms with Crippen LogP contribution in [0.3, 0.4) is 0 Å². The van der Waals surface area contributed by atoms with Gasteiger partial charge in [0.15, 0.2) is 5.82 Å². The van der Waals surface area contributed by atoms with Gasteiger partial charge >= 0.3 is 0 Å². The molecule has 2 saturated heterocycles. The number of aromatic nitrogens is 4. The number of nitrogens with one attached hydrogen (secondary N) is 1. The lowest BCUT2D eigenvalue weighted by Gasteiger charge is -2.32. The summed E-state index contributed by atoms with van der Waals surface area (Å²) in [5, 5.41) is 3.36. The summed E-state index contributed by atoms with van der Waals surface area (Å²) >= 11 is 0. The minimum Gasteiger partial charge on any atom is -0.378 e. The number of likely N-dealkylation sites (tertiary alicyclic amines) is 1. The molecule has 3 aromatic rings. The van der Waals surface area contributed by atoms with E-state index in [0.29, 0.717) is 80.3 Å². The first-order valence-corrected chi connectivity index (χ1v) is 12.7. The lowest BCUT2D eigenvalue weighted by Crippen LogP contribution is -2.38. The molecule has 0 bridgehead atoms. The van der Waals surface area contributed by atoms with Gasteiger partial charge in [-0.15, -0.1) is 0 Å². The van der Waals surface area contributed by atoms with Crippen molar-refractivity contribution < 1.29 is 18.3 Å². The standard InChI is InChI=1S/C25H32F2N8O2/c26-23(27)24-30-18-3-1-2-4-19(18)35(24)22-15-21(34-11-13-37-14-12-34)31-25(32-22)29-16-17-5-8-33(9-6-17)10-7-20(28)36/h1-4,15,17,23H,5-14,16H2,(H2,28,36)(H,29,31,32). The number of halogens is 2. The summed E-state index contributed by atoms with van der Waals surface area (Å²) in [4.78, 5) is 29.0. The number of rotatable bonds is 9. The average Bonchev–Trinajstić information content (AvgIpc) is 3.32. The first-order valence-electron chi connectivity index (χ1n) is 12.7. The molecule has 37 heavy (non-hydrogen) atoms. The molecule has 1 aromatic carbocycles. The molecular weight excluding hydrogens is 482 g/mol. The molecule has 2 aliphatic rings. The van der Waals surface area contributed by atoms with Crippen molar-refractivity contribution in [2.24, 2.45) is 11.7 Å². The summed E-state index contributed by atoms with van der Waals surface area (Å²) in [6.45, 7) is 5.63. The van der Waals surface area contributed by atoms with Gasteiger partial charge in [-0.1, -0.05) is 12.1 Å². The summed E-state index contributed by atoms with van der Waals surface area (Å²) in [6.07, 6.45) is -0.435. The van der Waals surface area contributed by atoms with Crippen molar-refractivity contribution in [2.45, 2.75) is 25.7 Å². The van der Waals surface area contributed by atoms with Crippen LogP contribution in [0.2, 0.25) is 0 Å². The molecule has 0 aliphatic carbocycles. The number of ether oxygens (including phenoxy) is 1. The lowest BCUT2D eigenvalue weighted by molar-refractivity contribution is -0.118. The van der Waals surface area contributed by atoms with Gasteiger partial charge in [0.1, 0.15) is 11.6 Å². The van der Waals surface area contributed by atoms with Crippen molar-refractivity contribution in [1.29, 1.82) is 0 Å². The number of piperidine rings is 1. The van der Waals surface area contributed by atoms with Crippen LogP contribution in [0.1, 0.15) is 31.5 Å². The van der Waals surface area contributed by atoms with E-state index >= 15 is 0 Å². The first-order chi connectivity index (χ1) is 18.0. The van der Waals surface area contributed by atoms with E-state index in [-0.39, 0.29) is 11.7 Å². The van der Waals surface area contributed by atoms with E-state index in [4.69, 9.17) is 15.5 Å². The van der Waals surface area contributed by atoms with Crippen molar-refractivity contribution in [2.75, 3.05) is 62.7 Å². The normalized spacial score (nSPS) is 17.5. The van der Waals surface area contributed by atoms with E-state index in [9.17, 15) is 13.6 Å². The molecule has 3 N–H and O–H groups in total. The monoisotopic (exact) mass is 514 g/mol. The number of carbonyl (C=O) groups is 1. The van der Waals surface area contributed by atoms with Crippen LogP contribution in [0.15, 0.2) is 30.3 Å². The Morgan fingerprint density at radius 2 is 1.81 bits per heavy atom. The van der Waals surface area contributed by atoms with E-state index < -0.39 is 6.43 Å². The smallest absolute Gasteiger partial charge is 0.296 e. The van der Waals surface area contributed by atoms with E-state index in [0.717, 1.165) is 25.9 Å². The van der Waals surface area contributed by atoms with Crippen LogP contribution in [-0.2, 0) is 9.53 Å². The van der Waals surface area contributed by atoms with Gasteiger partial charge in [0.25, 0.3) is 6.43 Å². The van der Waals surface area contributed by atoms with Crippen LogP contribution in [0.25, 0.3) is 16.9 Å². The number of primary amides is 1. The van der Waals surface area contributed by atoms with Gasteiger partial charge in [0.2, 0.25) is 11.9 Å². The van der Waals surface area contributed by atoms with E-state index in [1.807, 2.05) is 0 Å². The van der Waals surface area contributed by atoms with Crippen molar-refractivity contribution in [3.8, 4) is 5.82 Å². The molecule has 0 radical (unpaired) electrons. The van der Waals surface area contributed by atoms with Crippen LogP contribution in [0.4, 0.5) is 20.5 Å². The van der Waals surface area contributed by atoms with Crippen LogP contribution >= 0.6 is 0 Å². The van der Waals surface area contributed by atoms with Crippen LogP contribution in [0.5, 0.6) is 0 Å². The molecule has 2 aliphatic heterocycles. The number of imidazole rings is 1. The van der Waals surface area contributed by atoms with E-state index in [2.05, 4.69) is 25.1 Å². The number of hydrogen-bond acceptors (Lipinski definition) is 8. The van der Waals surface area contributed by atoms with Gasteiger partial charge < -0.3 is 25.6 Å². The van der Waals surface area contributed by atoms with Crippen molar-refractivity contribution in [1.82, 2.24) is 24.4 Å². The second-order valence-corrected chi connectivity index (χ2v) is 9.48. The molecule has 10 nitrogen and oxygen atoms in total. The van der Waals surface area contributed by atoms with Crippen molar-refractivity contribution in [3.05, 3.63) is 36.2 Å². The molecule has 4 heterocycles. The van der Waals surface area contributed by atoms with Gasteiger partial charge in [-0.2, -0.15) is 9.97 Å². The Hall–Kier alpha value is -3.38. The SMILES string of the molecule is NC(=O)CCN1CCC(CNc2nc(N3CCOCC3)cc(-n3c(C(F)F)nc4ccccc43)n2)CC1. The zero-order chi connectivity index (χ0) is 25.8. The molecule has 0 spiro atoms. The van der Waals surface area contributed by atoms with E-state index in [1.165, 1.54) is 4.57 Å². The number of anilines is 2. The Labute approximate surface area is 213 Å². The topological polar surface area (TPSA) is 114 Å². The Morgan fingerprint density at radius 1 is 1.08 bits per heavy atom. The molecule has 0 unspecified atom stereocenters. The molecule has 198 valence electrons. The summed E-state index contributed by atoms with van der Waals surface area (Å²) in [5.41, 5.74) is 6.33. The molecule has 2 fully saturated rings. The van der Waals surface area contributed by atoms with Crippen LogP contribution in [-0.4, -0.2) is 82.8 Å². The number of nitrogens with zero attached hydrogens (tertiary/aromatic N) is 6. The number of hydrogen-bond donors (Lipinski definition) is 2. The van der Waals surface area contributed by atoms with Gasteiger partial charge in [-0.25, -0.2) is 13.8 Å². The lowest BCUT2D eigenvalue weighted by atomic mass is 9.97. The zero-order valence-electron chi connectivity index (χ0n) is 20.7. The predicted molar refractivity (Wildman–Crippen MR) is 136 cm³/mol. The summed E-state index contributed by atoms with van der Waals surface area (Å²) in [7, 11) is 0. The Bertz CT molecular complexity index is 1220. The molecule has 12 heteroatoms. The maximum Gasteiger partial charge on any atom is 0.296 e. The fourth-order valence-electron chi connectivity index (χ4n) is 4.92. The largest absolute Gasteiger partial charge is 0.378 e. The molecule has 5 rings (SSSR count). The number of morpholine rings is 1. The van der Waals surface area contributed by atoms with Crippen molar-refractivity contribution in [3.63, 3.8) is 0 Å². The molecular formula is C25H32F2N8O2. The Kier molecular flexibility index (Phi) is 7.75. The minimum atomic E-state index is -2.76. The minimum absolute atomic E-state index is 0.280. The number of nitrogens with two attached hydrogens (primary N) is 1. The molecule has 1 amide bonds. The van der Waals surface area contributed by atoms with Gasteiger partial charge in [0.05, 0.1) is 24.2 Å². The van der Waals surface area contributed by atoms with Crippen LogP contribution < -0.4 is 16.0 Å². The number of amides is 1. The van der Waals surface area contributed by atoms with E-state index in [1.54, 1.807) is 30.3 Å². The predicted octanol–water partition coefficient (Wildman–Crippen LogP) is 2.59. The third kappa shape index (κ3) is 5.96. The zero-order valence-corrected chi connectivity index (χ0v) is 20.7. The number of benzene rings is 1. The molecule has 0 atom stereocenters. The number of carbonyl (C=O) groups excluding carboxylic acids is 1. The highest BCUT2D eigenvalue weighted by molar-refractivity contribution is 5.78. The van der Waals surface area contributed by atoms with Crippen LogP contribution in [0, 0.1) is 5.92 Å². The number of alkyl halides is 2. The van der Waals surface area contributed by atoms with Crippen molar-refractivity contribution >= 4 is 28.7 Å². The quantitative estimate of drug-likeness (QED) is 0.448. The third-order valence-electron chi connectivity index (χ3n) is 6.98. The van der Waals surface area contributed by atoms with Gasteiger partial charge in [-0.3, -0.25) is 9.36 Å². The first kappa shape index (κ1) is 25.3.